The second-order valence-electron chi connectivity index (χ2n) is 4.92. The third kappa shape index (κ3) is 4.09. The average Bonchev–Trinajstić information content (AvgIpc) is 3.09. The van der Waals surface area contributed by atoms with Crippen molar-refractivity contribution in [3.8, 4) is 0 Å². The molecule has 0 unspecified atom stereocenters. The number of rotatable bonds is 6. The van der Waals surface area contributed by atoms with E-state index in [1.807, 2.05) is 0 Å². The zero-order valence-corrected chi connectivity index (χ0v) is 9.87. The fraction of sp³-hybridized carbons (Fsp3) is 1.00. The van der Waals surface area contributed by atoms with E-state index in [1.165, 1.54) is 38.8 Å². The van der Waals surface area contributed by atoms with Crippen LogP contribution in [0, 0.1) is 5.92 Å². The molecule has 1 aliphatic carbocycles. The van der Waals surface area contributed by atoms with Crippen molar-refractivity contribution < 1.29 is 4.74 Å². The summed E-state index contributed by atoms with van der Waals surface area (Å²) in [6, 6.07) is 0.744. The maximum atomic E-state index is 5.66. The molecule has 1 aliphatic heterocycles. The molecule has 2 fully saturated rings. The summed E-state index contributed by atoms with van der Waals surface area (Å²) in [5.74, 6) is 0.903. The number of hydrogen-bond acceptors (Lipinski definition) is 3. The van der Waals surface area contributed by atoms with E-state index in [9.17, 15) is 0 Å². The van der Waals surface area contributed by atoms with Gasteiger partial charge in [0, 0.05) is 19.2 Å². The van der Waals surface area contributed by atoms with Gasteiger partial charge in [0.2, 0.25) is 0 Å². The van der Waals surface area contributed by atoms with Gasteiger partial charge in [-0.2, -0.15) is 0 Å². The van der Waals surface area contributed by atoms with Crippen LogP contribution in [-0.4, -0.2) is 50.8 Å². The lowest BCUT2D eigenvalue weighted by Crippen LogP contribution is -2.42. The van der Waals surface area contributed by atoms with Crippen LogP contribution in [0.25, 0.3) is 0 Å². The first-order valence-electron chi connectivity index (χ1n) is 6.36. The van der Waals surface area contributed by atoms with Crippen molar-refractivity contribution in [3.05, 3.63) is 0 Å². The van der Waals surface area contributed by atoms with Gasteiger partial charge in [-0.1, -0.05) is 0 Å². The topological polar surface area (TPSA) is 24.5 Å². The molecule has 3 heteroatoms. The molecule has 1 N–H and O–H groups in total. The number of ether oxygens (including phenoxy) is 1. The Hall–Kier alpha value is -0.120. The zero-order valence-electron chi connectivity index (χ0n) is 9.87. The normalized spacial score (nSPS) is 24.6. The number of hydrogen-bond donors (Lipinski definition) is 1. The van der Waals surface area contributed by atoms with Crippen molar-refractivity contribution in [2.75, 3.05) is 39.9 Å². The van der Waals surface area contributed by atoms with Crippen molar-refractivity contribution >= 4 is 0 Å². The minimum atomic E-state index is 0.744. The molecule has 0 aromatic heterocycles. The summed E-state index contributed by atoms with van der Waals surface area (Å²) < 4.78 is 5.66. The Morgan fingerprint density at radius 1 is 1.20 bits per heavy atom. The van der Waals surface area contributed by atoms with Crippen LogP contribution in [0.4, 0.5) is 0 Å². The monoisotopic (exact) mass is 212 g/mol. The highest BCUT2D eigenvalue weighted by molar-refractivity contribution is 4.76. The molecular formula is C12H24N2O. The van der Waals surface area contributed by atoms with Gasteiger partial charge in [-0.15, -0.1) is 0 Å². The second-order valence-corrected chi connectivity index (χ2v) is 4.92. The van der Waals surface area contributed by atoms with E-state index in [4.69, 9.17) is 4.74 Å². The molecule has 0 aromatic carbocycles. The highest BCUT2D eigenvalue weighted by Gasteiger charge is 2.21. The molecule has 1 saturated carbocycles. The van der Waals surface area contributed by atoms with E-state index >= 15 is 0 Å². The largest absolute Gasteiger partial charge is 0.380 e. The van der Waals surface area contributed by atoms with E-state index in [1.54, 1.807) is 0 Å². The smallest absolute Gasteiger partial charge is 0.0593 e. The Morgan fingerprint density at radius 3 is 2.53 bits per heavy atom. The maximum Gasteiger partial charge on any atom is 0.0593 e. The van der Waals surface area contributed by atoms with Gasteiger partial charge < -0.3 is 15.0 Å². The molecule has 0 aromatic rings. The zero-order chi connectivity index (χ0) is 10.5. The molecule has 0 bridgehead atoms. The molecule has 2 aliphatic rings. The molecule has 0 amide bonds. The van der Waals surface area contributed by atoms with Gasteiger partial charge in [0.05, 0.1) is 6.61 Å². The quantitative estimate of drug-likeness (QED) is 0.667. The van der Waals surface area contributed by atoms with Crippen LogP contribution >= 0.6 is 0 Å². The highest BCUT2D eigenvalue weighted by atomic mass is 16.5. The molecule has 1 saturated heterocycles. The van der Waals surface area contributed by atoms with Gasteiger partial charge in [0.15, 0.2) is 0 Å². The standard InChI is InChI=1S/C12H24N2O/c1-13-12-4-6-14(7-5-12)8-9-15-10-11-2-3-11/h11-13H,2-10H2,1H3. The highest BCUT2D eigenvalue weighted by Crippen LogP contribution is 2.28. The van der Waals surface area contributed by atoms with Gasteiger partial charge in [-0.3, -0.25) is 0 Å². The molecule has 0 spiro atoms. The Bertz CT molecular complexity index is 174. The fourth-order valence-electron chi connectivity index (χ4n) is 2.17. The molecule has 0 atom stereocenters. The third-order valence-electron chi connectivity index (χ3n) is 3.60. The van der Waals surface area contributed by atoms with Crippen molar-refractivity contribution in [2.45, 2.75) is 31.7 Å². The van der Waals surface area contributed by atoms with Crippen LogP contribution in [0.3, 0.4) is 0 Å². The molecule has 15 heavy (non-hydrogen) atoms. The Labute approximate surface area is 93.2 Å². The van der Waals surface area contributed by atoms with Crippen LogP contribution in [0.1, 0.15) is 25.7 Å². The van der Waals surface area contributed by atoms with E-state index in [-0.39, 0.29) is 0 Å². The number of nitrogens with zero attached hydrogens (tertiary/aromatic N) is 1. The molecule has 0 radical (unpaired) electrons. The van der Waals surface area contributed by atoms with Gasteiger partial charge in [-0.25, -0.2) is 0 Å². The lowest BCUT2D eigenvalue weighted by Gasteiger charge is -2.31. The van der Waals surface area contributed by atoms with Gasteiger partial charge in [0.1, 0.15) is 0 Å². The van der Waals surface area contributed by atoms with Crippen LogP contribution in [-0.2, 0) is 4.74 Å². The molecule has 2 rings (SSSR count). The third-order valence-corrected chi connectivity index (χ3v) is 3.60. The lowest BCUT2D eigenvalue weighted by molar-refractivity contribution is 0.0862. The second kappa shape index (κ2) is 5.83. The van der Waals surface area contributed by atoms with E-state index in [2.05, 4.69) is 17.3 Å². The van der Waals surface area contributed by atoms with Crippen molar-refractivity contribution in [2.24, 2.45) is 5.92 Å². The average molecular weight is 212 g/mol. The van der Waals surface area contributed by atoms with Crippen molar-refractivity contribution in [3.63, 3.8) is 0 Å². The lowest BCUT2D eigenvalue weighted by atomic mass is 10.1. The number of nitrogens with one attached hydrogen (secondary N) is 1. The number of likely N-dealkylation sites (tertiary alicyclic amines) is 1. The van der Waals surface area contributed by atoms with Crippen LogP contribution in [0.15, 0.2) is 0 Å². The molecule has 1 heterocycles. The summed E-state index contributed by atoms with van der Waals surface area (Å²) in [5, 5.41) is 3.36. The molecule has 3 nitrogen and oxygen atoms in total. The summed E-state index contributed by atoms with van der Waals surface area (Å²) in [4.78, 5) is 2.53. The van der Waals surface area contributed by atoms with Crippen LogP contribution in [0.2, 0.25) is 0 Å². The van der Waals surface area contributed by atoms with Crippen molar-refractivity contribution in [1.82, 2.24) is 10.2 Å². The molecular weight excluding hydrogens is 188 g/mol. The van der Waals surface area contributed by atoms with Gasteiger partial charge >= 0.3 is 0 Å². The minimum absolute atomic E-state index is 0.744. The van der Waals surface area contributed by atoms with Crippen LogP contribution < -0.4 is 5.32 Å². The predicted octanol–water partition coefficient (Wildman–Crippen LogP) is 1.10. The van der Waals surface area contributed by atoms with Crippen molar-refractivity contribution in [1.29, 1.82) is 0 Å². The Morgan fingerprint density at radius 2 is 1.93 bits per heavy atom. The first kappa shape index (κ1) is 11.4. The van der Waals surface area contributed by atoms with Crippen LogP contribution in [0.5, 0.6) is 0 Å². The van der Waals surface area contributed by atoms with Gasteiger partial charge in [0.25, 0.3) is 0 Å². The Balaban J connectivity index is 1.48. The molecule has 88 valence electrons. The summed E-state index contributed by atoms with van der Waals surface area (Å²) in [7, 11) is 2.07. The summed E-state index contributed by atoms with van der Waals surface area (Å²) in [6.45, 7) is 5.54. The summed E-state index contributed by atoms with van der Waals surface area (Å²) in [5.41, 5.74) is 0. The SMILES string of the molecule is CNC1CCN(CCOCC2CC2)CC1. The van der Waals surface area contributed by atoms with Gasteiger partial charge in [-0.05, 0) is 51.7 Å². The first-order valence-corrected chi connectivity index (χ1v) is 6.36. The number of piperidine rings is 1. The van der Waals surface area contributed by atoms with E-state index in [0.717, 1.165) is 31.7 Å². The predicted molar refractivity (Wildman–Crippen MR) is 62.1 cm³/mol. The minimum Gasteiger partial charge on any atom is -0.380 e. The first-order chi connectivity index (χ1) is 7.38. The van der Waals surface area contributed by atoms with E-state index in [0.29, 0.717) is 0 Å². The van der Waals surface area contributed by atoms with E-state index < -0.39 is 0 Å². The Kier molecular flexibility index (Phi) is 4.42. The fourth-order valence-corrected chi connectivity index (χ4v) is 2.17. The summed E-state index contributed by atoms with van der Waals surface area (Å²) in [6.07, 6.45) is 5.37. The maximum absolute atomic E-state index is 5.66. The summed E-state index contributed by atoms with van der Waals surface area (Å²) >= 11 is 0.